The van der Waals surface area contributed by atoms with E-state index in [1.54, 1.807) is 25.2 Å². The van der Waals surface area contributed by atoms with Gasteiger partial charge in [0.05, 0.1) is 17.5 Å². The zero-order valence-corrected chi connectivity index (χ0v) is 11.9. The predicted octanol–water partition coefficient (Wildman–Crippen LogP) is 1.87. The molecule has 0 saturated heterocycles. The summed E-state index contributed by atoms with van der Waals surface area (Å²) in [6.45, 7) is 0.0286. The summed E-state index contributed by atoms with van der Waals surface area (Å²) in [6, 6.07) is 7.14. The van der Waals surface area contributed by atoms with Crippen molar-refractivity contribution in [3.63, 3.8) is 0 Å². The average molecular weight is 290 g/mol. The Bertz CT molecular complexity index is 580. The molecule has 1 aromatic carbocycles. The number of likely N-dealkylation sites (N-methyl/N-ethyl adjacent to an activating group) is 1. The van der Waals surface area contributed by atoms with Gasteiger partial charge in [0, 0.05) is 24.8 Å². The Morgan fingerprint density at radius 2 is 2.35 bits per heavy atom. The third-order valence-corrected chi connectivity index (χ3v) is 3.92. The molecule has 0 spiro atoms. The lowest BCUT2D eigenvalue weighted by Gasteiger charge is -2.26. The number of nitriles is 1. The first kappa shape index (κ1) is 14.4. The van der Waals surface area contributed by atoms with E-state index >= 15 is 0 Å². The van der Waals surface area contributed by atoms with E-state index < -0.39 is 0 Å². The van der Waals surface area contributed by atoms with Gasteiger partial charge in [0.2, 0.25) is 0 Å². The largest absolute Gasteiger partial charge is 0.482 e. The van der Waals surface area contributed by atoms with Crippen LogP contribution in [-0.2, 0) is 4.79 Å². The zero-order valence-electron chi connectivity index (χ0n) is 11.1. The average Bonchev–Trinajstić information content (AvgIpc) is 2.47. The van der Waals surface area contributed by atoms with Crippen LogP contribution in [0.25, 0.3) is 0 Å². The summed E-state index contributed by atoms with van der Waals surface area (Å²) in [4.78, 5) is 25.1. The molecule has 0 bridgehead atoms. The molecule has 1 amide bonds. The van der Waals surface area contributed by atoms with Gasteiger partial charge in [-0.15, -0.1) is 0 Å². The van der Waals surface area contributed by atoms with Crippen LogP contribution in [-0.4, -0.2) is 36.9 Å². The van der Waals surface area contributed by atoms with E-state index in [1.165, 1.54) is 16.7 Å². The van der Waals surface area contributed by atoms with Crippen molar-refractivity contribution < 1.29 is 14.3 Å². The number of ketones is 1. The van der Waals surface area contributed by atoms with Crippen LogP contribution in [0.3, 0.4) is 0 Å². The molecule has 2 rings (SSSR count). The summed E-state index contributed by atoms with van der Waals surface area (Å²) < 4.78 is 5.31. The van der Waals surface area contributed by atoms with Crippen LogP contribution in [0.15, 0.2) is 18.2 Å². The summed E-state index contributed by atoms with van der Waals surface area (Å²) >= 11 is 1.44. The molecule has 104 valence electrons. The standard InChI is InChI=1S/C14H14N2O3S/c1-16-11-7-10(12(17)9-20-6-2-5-15)3-4-13(11)19-8-14(16)18/h3-4,7H,2,6,8-9H2,1H3. The number of thioether (sulfide) groups is 1. The van der Waals surface area contributed by atoms with Crippen molar-refractivity contribution in [1.82, 2.24) is 0 Å². The second-order valence-electron chi connectivity index (χ2n) is 4.31. The highest BCUT2D eigenvalue weighted by molar-refractivity contribution is 7.99. The predicted molar refractivity (Wildman–Crippen MR) is 77.2 cm³/mol. The first-order valence-corrected chi connectivity index (χ1v) is 7.30. The quantitative estimate of drug-likeness (QED) is 0.611. The van der Waals surface area contributed by atoms with Crippen LogP contribution in [0, 0.1) is 11.3 Å². The first-order chi connectivity index (χ1) is 9.63. The molecule has 0 atom stereocenters. The Kier molecular flexibility index (Phi) is 4.64. The molecule has 0 N–H and O–H groups in total. The van der Waals surface area contributed by atoms with Crippen molar-refractivity contribution in [1.29, 1.82) is 5.26 Å². The molecule has 5 nitrogen and oxygen atoms in total. The molecular formula is C14H14N2O3S. The lowest BCUT2D eigenvalue weighted by molar-refractivity contribution is -0.120. The van der Waals surface area contributed by atoms with Gasteiger partial charge in [0.25, 0.3) is 5.91 Å². The number of hydrogen-bond acceptors (Lipinski definition) is 5. The summed E-state index contributed by atoms with van der Waals surface area (Å²) in [5, 5.41) is 8.44. The maximum Gasteiger partial charge on any atom is 0.264 e. The van der Waals surface area contributed by atoms with Crippen LogP contribution in [0.4, 0.5) is 5.69 Å². The molecule has 6 heteroatoms. The summed E-state index contributed by atoms with van der Waals surface area (Å²) in [5.74, 6) is 1.45. The number of ether oxygens (including phenoxy) is 1. The van der Waals surface area contributed by atoms with E-state index in [0.29, 0.717) is 34.9 Å². The number of anilines is 1. The molecular weight excluding hydrogens is 276 g/mol. The fraction of sp³-hybridized carbons (Fsp3) is 0.357. The van der Waals surface area contributed by atoms with E-state index in [2.05, 4.69) is 0 Å². The van der Waals surface area contributed by atoms with E-state index in [0.717, 1.165) is 0 Å². The fourth-order valence-corrected chi connectivity index (χ4v) is 2.54. The normalized spacial score (nSPS) is 13.4. The van der Waals surface area contributed by atoms with Gasteiger partial charge in [0.1, 0.15) is 5.75 Å². The Morgan fingerprint density at radius 3 is 3.10 bits per heavy atom. The van der Waals surface area contributed by atoms with E-state index in [4.69, 9.17) is 10.00 Å². The molecule has 0 radical (unpaired) electrons. The van der Waals surface area contributed by atoms with Crippen LogP contribution in [0.1, 0.15) is 16.8 Å². The lowest BCUT2D eigenvalue weighted by atomic mass is 10.1. The van der Waals surface area contributed by atoms with Crippen LogP contribution >= 0.6 is 11.8 Å². The van der Waals surface area contributed by atoms with Gasteiger partial charge in [-0.1, -0.05) is 0 Å². The van der Waals surface area contributed by atoms with Gasteiger partial charge < -0.3 is 9.64 Å². The Morgan fingerprint density at radius 1 is 1.55 bits per heavy atom. The summed E-state index contributed by atoms with van der Waals surface area (Å²) in [7, 11) is 1.67. The van der Waals surface area contributed by atoms with Crippen molar-refractivity contribution in [3.05, 3.63) is 23.8 Å². The lowest BCUT2D eigenvalue weighted by Crippen LogP contribution is -2.35. The number of carbonyl (C=O) groups excluding carboxylic acids is 2. The minimum absolute atomic E-state index is 0.0119. The maximum absolute atomic E-state index is 12.0. The molecule has 1 aliphatic heterocycles. The number of amides is 1. The van der Waals surface area contributed by atoms with Crippen molar-refractivity contribution >= 4 is 29.1 Å². The Balaban J connectivity index is 2.09. The third-order valence-electron chi connectivity index (χ3n) is 2.96. The number of benzene rings is 1. The molecule has 0 fully saturated rings. The molecule has 20 heavy (non-hydrogen) atoms. The van der Waals surface area contributed by atoms with Gasteiger partial charge in [0.15, 0.2) is 12.4 Å². The third kappa shape index (κ3) is 3.11. The molecule has 0 aliphatic carbocycles. The van der Waals surface area contributed by atoms with Crippen molar-refractivity contribution in [2.24, 2.45) is 0 Å². The number of Topliss-reactive ketones (excluding diaryl/α,β-unsaturated/α-hetero) is 1. The SMILES string of the molecule is CN1C(=O)COc2ccc(C(=O)CSCCC#N)cc21. The molecule has 1 aliphatic rings. The summed E-state index contributed by atoms with van der Waals surface area (Å²) in [6.07, 6.45) is 0.438. The number of carbonyl (C=O) groups is 2. The monoisotopic (exact) mass is 290 g/mol. The molecule has 1 heterocycles. The summed E-state index contributed by atoms with van der Waals surface area (Å²) in [5.41, 5.74) is 1.17. The van der Waals surface area contributed by atoms with Crippen LogP contribution < -0.4 is 9.64 Å². The zero-order chi connectivity index (χ0) is 14.5. The minimum Gasteiger partial charge on any atom is -0.482 e. The maximum atomic E-state index is 12.0. The van der Waals surface area contributed by atoms with Crippen molar-refractivity contribution in [3.8, 4) is 11.8 Å². The van der Waals surface area contributed by atoms with Crippen molar-refractivity contribution in [2.45, 2.75) is 6.42 Å². The number of fused-ring (bicyclic) bond motifs is 1. The van der Waals surface area contributed by atoms with E-state index in [-0.39, 0.29) is 18.3 Å². The molecule has 0 aromatic heterocycles. The van der Waals surface area contributed by atoms with Crippen LogP contribution in [0.5, 0.6) is 5.75 Å². The number of rotatable bonds is 5. The highest BCUT2D eigenvalue weighted by atomic mass is 32.2. The number of nitrogens with zero attached hydrogens (tertiary/aromatic N) is 2. The highest BCUT2D eigenvalue weighted by Gasteiger charge is 2.23. The van der Waals surface area contributed by atoms with Gasteiger partial charge in [-0.2, -0.15) is 17.0 Å². The Hall–Kier alpha value is -2.00. The Labute approximate surface area is 121 Å². The number of hydrogen-bond donors (Lipinski definition) is 0. The minimum atomic E-state index is -0.134. The molecule has 0 unspecified atom stereocenters. The second-order valence-corrected chi connectivity index (χ2v) is 5.41. The first-order valence-electron chi connectivity index (χ1n) is 6.15. The fourth-order valence-electron chi connectivity index (χ4n) is 1.81. The second kappa shape index (κ2) is 6.44. The topological polar surface area (TPSA) is 70.4 Å². The van der Waals surface area contributed by atoms with Gasteiger partial charge in [-0.25, -0.2) is 0 Å². The van der Waals surface area contributed by atoms with Gasteiger partial charge in [-0.3, -0.25) is 9.59 Å². The highest BCUT2D eigenvalue weighted by Crippen LogP contribution is 2.32. The van der Waals surface area contributed by atoms with Gasteiger partial charge in [-0.05, 0) is 18.2 Å². The van der Waals surface area contributed by atoms with Crippen molar-refractivity contribution in [2.75, 3.05) is 30.1 Å². The molecule has 1 aromatic rings. The smallest absolute Gasteiger partial charge is 0.264 e. The van der Waals surface area contributed by atoms with E-state index in [1.807, 2.05) is 6.07 Å². The molecule has 0 saturated carbocycles. The van der Waals surface area contributed by atoms with Crippen LogP contribution in [0.2, 0.25) is 0 Å². The van der Waals surface area contributed by atoms with Gasteiger partial charge >= 0.3 is 0 Å². The van der Waals surface area contributed by atoms with E-state index in [9.17, 15) is 9.59 Å².